The van der Waals surface area contributed by atoms with E-state index in [2.05, 4.69) is 26.1 Å². The van der Waals surface area contributed by atoms with Crippen LogP contribution >= 0.6 is 0 Å². The molecule has 3 aromatic carbocycles. The summed E-state index contributed by atoms with van der Waals surface area (Å²) in [5, 5.41) is 2.89. The number of carbonyl (C=O) groups is 1. The number of ether oxygens (including phenoxy) is 1. The zero-order valence-corrected chi connectivity index (χ0v) is 21.4. The van der Waals surface area contributed by atoms with Crippen molar-refractivity contribution >= 4 is 27.3 Å². The minimum atomic E-state index is -3.87. The van der Waals surface area contributed by atoms with E-state index in [0.29, 0.717) is 22.7 Å². The van der Waals surface area contributed by atoms with Gasteiger partial charge in [0.1, 0.15) is 5.75 Å². The molecule has 0 heterocycles. The zero-order valence-electron chi connectivity index (χ0n) is 20.5. The van der Waals surface area contributed by atoms with Crippen LogP contribution in [0.3, 0.4) is 0 Å². The molecule has 0 spiro atoms. The third-order valence-corrected chi connectivity index (χ3v) is 7.71. The molecule has 0 unspecified atom stereocenters. The van der Waals surface area contributed by atoms with Crippen molar-refractivity contribution in [3.8, 4) is 5.75 Å². The summed E-state index contributed by atoms with van der Waals surface area (Å²) in [4.78, 5) is 13.3. The van der Waals surface area contributed by atoms with E-state index >= 15 is 0 Å². The minimum Gasteiger partial charge on any atom is -0.495 e. The summed E-state index contributed by atoms with van der Waals surface area (Å²) in [6, 6.07) is 19.3. The van der Waals surface area contributed by atoms with Gasteiger partial charge in [-0.25, -0.2) is 8.42 Å². The smallest absolute Gasteiger partial charge is 0.264 e. The Kier molecular flexibility index (Phi) is 7.36. The lowest BCUT2D eigenvalue weighted by molar-refractivity contribution is 0.102. The van der Waals surface area contributed by atoms with Crippen molar-refractivity contribution in [3.63, 3.8) is 0 Å². The van der Waals surface area contributed by atoms with Gasteiger partial charge in [-0.3, -0.25) is 9.10 Å². The summed E-state index contributed by atoms with van der Waals surface area (Å²) in [6.07, 6.45) is 0. The van der Waals surface area contributed by atoms with Crippen LogP contribution in [0.4, 0.5) is 11.4 Å². The molecule has 3 aromatic rings. The summed E-state index contributed by atoms with van der Waals surface area (Å²) in [7, 11) is -2.33. The monoisotopic (exact) mass is 480 g/mol. The van der Waals surface area contributed by atoms with E-state index in [1.165, 1.54) is 10.4 Å². The van der Waals surface area contributed by atoms with Gasteiger partial charge in [-0.1, -0.05) is 51.1 Å². The van der Waals surface area contributed by atoms with Gasteiger partial charge in [0.05, 0.1) is 23.4 Å². The Labute approximate surface area is 202 Å². The van der Waals surface area contributed by atoms with Gasteiger partial charge >= 0.3 is 0 Å². The molecule has 0 aromatic heterocycles. The summed E-state index contributed by atoms with van der Waals surface area (Å²) < 4.78 is 33.9. The topological polar surface area (TPSA) is 75.7 Å². The van der Waals surface area contributed by atoms with E-state index in [1.54, 1.807) is 57.4 Å². The maximum Gasteiger partial charge on any atom is 0.264 e. The second kappa shape index (κ2) is 9.89. The fourth-order valence-corrected chi connectivity index (χ4v) is 5.42. The number of anilines is 2. The van der Waals surface area contributed by atoms with E-state index in [-0.39, 0.29) is 22.4 Å². The van der Waals surface area contributed by atoms with E-state index in [1.807, 2.05) is 24.3 Å². The molecule has 180 valence electrons. The molecule has 0 fully saturated rings. The number of amides is 1. The maximum atomic E-state index is 13.5. The Morgan fingerprint density at radius 3 is 2.26 bits per heavy atom. The lowest BCUT2D eigenvalue weighted by atomic mass is 9.87. The second-order valence-corrected chi connectivity index (χ2v) is 10.9. The van der Waals surface area contributed by atoms with E-state index in [0.717, 1.165) is 5.56 Å². The second-order valence-electron chi connectivity index (χ2n) is 9.10. The molecule has 0 aliphatic rings. The summed E-state index contributed by atoms with van der Waals surface area (Å²) >= 11 is 0. The third kappa shape index (κ3) is 5.25. The van der Waals surface area contributed by atoms with E-state index < -0.39 is 15.9 Å². The Balaban J connectivity index is 1.99. The summed E-state index contributed by atoms with van der Waals surface area (Å²) in [5.41, 5.74) is 2.84. The number of hydrogen-bond acceptors (Lipinski definition) is 4. The predicted molar refractivity (Wildman–Crippen MR) is 137 cm³/mol. The highest BCUT2D eigenvalue weighted by Gasteiger charge is 2.26. The van der Waals surface area contributed by atoms with Crippen molar-refractivity contribution in [1.82, 2.24) is 0 Å². The number of nitrogens with zero attached hydrogens (tertiary/aromatic N) is 1. The first-order valence-electron chi connectivity index (χ1n) is 11.2. The minimum absolute atomic E-state index is 0.0984. The molecule has 0 saturated heterocycles. The van der Waals surface area contributed by atoms with Gasteiger partial charge in [-0.2, -0.15) is 0 Å². The van der Waals surface area contributed by atoms with Gasteiger partial charge < -0.3 is 10.1 Å². The van der Waals surface area contributed by atoms with Gasteiger partial charge in [-0.15, -0.1) is 0 Å². The normalized spacial score (nSPS) is 11.7. The standard InChI is InChI=1S/C27H32N2O4S/c1-7-29(22-11-9-8-10-12-22)34(31,32)25-17-20(14-13-19(25)2)26(30)28-23-18-21(27(3,4)5)15-16-24(23)33-6/h8-18H,7H2,1-6H3,(H,28,30). The molecule has 7 heteroatoms. The molecule has 6 nitrogen and oxygen atoms in total. The van der Waals surface area contributed by atoms with Crippen molar-refractivity contribution in [3.05, 3.63) is 83.4 Å². The van der Waals surface area contributed by atoms with Crippen LogP contribution in [-0.4, -0.2) is 28.0 Å². The quantitative estimate of drug-likeness (QED) is 0.466. The maximum absolute atomic E-state index is 13.5. The highest BCUT2D eigenvalue weighted by molar-refractivity contribution is 7.92. The van der Waals surface area contributed by atoms with Crippen LogP contribution in [0, 0.1) is 6.92 Å². The number of nitrogens with one attached hydrogen (secondary N) is 1. The number of hydrogen-bond donors (Lipinski definition) is 1. The van der Waals surface area contributed by atoms with Crippen LogP contribution in [0.2, 0.25) is 0 Å². The highest BCUT2D eigenvalue weighted by Crippen LogP contribution is 2.32. The van der Waals surface area contributed by atoms with Crippen LogP contribution in [0.5, 0.6) is 5.75 Å². The number of rotatable bonds is 7. The molecule has 0 aliphatic heterocycles. The Morgan fingerprint density at radius 1 is 1.00 bits per heavy atom. The Bertz CT molecular complexity index is 1280. The van der Waals surface area contributed by atoms with Crippen LogP contribution in [-0.2, 0) is 15.4 Å². The summed E-state index contributed by atoms with van der Waals surface area (Å²) in [5.74, 6) is 0.117. The van der Waals surface area contributed by atoms with Crippen LogP contribution in [0.25, 0.3) is 0 Å². The molecular formula is C27H32N2O4S. The third-order valence-electron chi connectivity index (χ3n) is 5.66. The van der Waals surface area contributed by atoms with Gasteiger partial charge in [0, 0.05) is 12.1 Å². The van der Waals surface area contributed by atoms with Crippen LogP contribution in [0.1, 0.15) is 49.2 Å². The predicted octanol–water partition coefficient (Wildman–Crippen LogP) is 5.77. The molecule has 3 rings (SSSR count). The fraction of sp³-hybridized carbons (Fsp3) is 0.296. The van der Waals surface area contributed by atoms with Crippen molar-refractivity contribution in [2.24, 2.45) is 0 Å². The fourth-order valence-electron chi connectivity index (χ4n) is 3.69. The summed E-state index contributed by atoms with van der Waals surface area (Å²) in [6.45, 7) is 10.0. The SMILES string of the molecule is CCN(c1ccccc1)S(=O)(=O)c1cc(C(=O)Nc2cc(C(C)(C)C)ccc2OC)ccc1C. The zero-order chi connectivity index (χ0) is 25.1. The lowest BCUT2D eigenvalue weighted by Gasteiger charge is -2.24. The number of carbonyl (C=O) groups excluding carboxylic acids is 1. The van der Waals surface area contributed by atoms with E-state index in [9.17, 15) is 13.2 Å². The van der Waals surface area contributed by atoms with Gasteiger partial charge in [-0.05, 0) is 66.8 Å². The molecular weight excluding hydrogens is 448 g/mol. The lowest BCUT2D eigenvalue weighted by Crippen LogP contribution is -2.31. The average molecular weight is 481 g/mol. The van der Waals surface area contributed by atoms with Gasteiger partial charge in [0.25, 0.3) is 15.9 Å². The molecule has 0 radical (unpaired) electrons. The number of sulfonamides is 1. The Morgan fingerprint density at radius 2 is 1.68 bits per heavy atom. The molecule has 0 atom stereocenters. The van der Waals surface area contributed by atoms with Crippen LogP contribution in [0.15, 0.2) is 71.6 Å². The highest BCUT2D eigenvalue weighted by atomic mass is 32.2. The van der Waals surface area contributed by atoms with Crippen molar-refractivity contribution < 1.29 is 17.9 Å². The molecule has 0 saturated carbocycles. The van der Waals surface area contributed by atoms with Gasteiger partial charge in [0.2, 0.25) is 0 Å². The number of methoxy groups -OCH3 is 1. The molecule has 34 heavy (non-hydrogen) atoms. The number of para-hydroxylation sites is 1. The Hall–Kier alpha value is -3.32. The largest absolute Gasteiger partial charge is 0.495 e. The van der Waals surface area contributed by atoms with E-state index in [4.69, 9.17) is 4.74 Å². The first-order chi connectivity index (χ1) is 16.0. The average Bonchev–Trinajstić information content (AvgIpc) is 2.79. The number of aryl methyl sites for hydroxylation is 1. The molecule has 1 N–H and O–H groups in total. The first-order valence-corrected chi connectivity index (χ1v) is 12.6. The first kappa shape index (κ1) is 25.3. The number of benzene rings is 3. The van der Waals surface area contributed by atoms with Crippen molar-refractivity contribution in [1.29, 1.82) is 0 Å². The van der Waals surface area contributed by atoms with Gasteiger partial charge in [0.15, 0.2) is 0 Å². The molecule has 0 aliphatic carbocycles. The van der Waals surface area contributed by atoms with Crippen molar-refractivity contribution in [2.45, 2.75) is 44.9 Å². The molecule has 0 bridgehead atoms. The van der Waals surface area contributed by atoms with Crippen LogP contribution < -0.4 is 14.4 Å². The van der Waals surface area contributed by atoms with Crippen molar-refractivity contribution in [2.75, 3.05) is 23.3 Å². The molecule has 1 amide bonds.